The number of aliphatic carboxylic acids is 1. The van der Waals surface area contributed by atoms with Crippen molar-refractivity contribution in [3.05, 3.63) is 59.4 Å². The van der Waals surface area contributed by atoms with E-state index in [9.17, 15) is 14.7 Å². The third-order valence-corrected chi connectivity index (χ3v) is 4.07. The highest BCUT2D eigenvalue weighted by Crippen LogP contribution is 2.32. The summed E-state index contributed by atoms with van der Waals surface area (Å²) < 4.78 is 5.72. The molecule has 3 aromatic rings. The van der Waals surface area contributed by atoms with Crippen LogP contribution in [0.4, 0.5) is 0 Å². The Morgan fingerprint density at radius 3 is 2.48 bits per heavy atom. The molecule has 0 saturated heterocycles. The van der Waals surface area contributed by atoms with E-state index >= 15 is 0 Å². The van der Waals surface area contributed by atoms with Crippen molar-refractivity contribution < 1.29 is 24.5 Å². The fraction of sp³-hybridized carbons (Fsp3) is 0.105. The van der Waals surface area contributed by atoms with Gasteiger partial charge in [-0.15, -0.1) is 0 Å². The number of carbonyl (C=O) groups excluding carboxylic acids is 1. The van der Waals surface area contributed by atoms with Gasteiger partial charge in [-0.1, -0.05) is 11.6 Å². The molecule has 0 spiro atoms. The van der Waals surface area contributed by atoms with Gasteiger partial charge in [0.25, 0.3) is 5.91 Å². The lowest BCUT2D eigenvalue weighted by molar-refractivity contribution is -0.138. The number of carbonyl (C=O) groups is 2. The number of carboxylic acid groups (broad SMARTS) is 1. The number of nitrogens with one attached hydrogen (secondary N) is 1. The Labute approximate surface area is 159 Å². The molecule has 0 radical (unpaired) electrons. The first-order valence-corrected chi connectivity index (χ1v) is 8.32. The number of pyridine rings is 1. The van der Waals surface area contributed by atoms with Gasteiger partial charge in [0.15, 0.2) is 11.4 Å². The van der Waals surface area contributed by atoms with Gasteiger partial charge in [0.2, 0.25) is 0 Å². The molecule has 2 aromatic carbocycles. The fourth-order valence-corrected chi connectivity index (χ4v) is 2.50. The number of halogens is 1. The number of fused-ring (bicyclic) bond motifs is 1. The van der Waals surface area contributed by atoms with E-state index in [1.807, 2.05) is 0 Å². The molecule has 8 heteroatoms. The molecule has 0 saturated carbocycles. The van der Waals surface area contributed by atoms with Crippen LogP contribution in [0.15, 0.2) is 48.7 Å². The maximum absolute atomic E-state index is 12.2. The summed E-state index contributed by atoms with van der Waals surface area (Å²) >= 11 is 5.85. The second-order valence-corrected chi connectivity index (χ2v) is 6.23. The van der Waals surface area contributed by atoms with Crippen molar-refractivity contribution >= 4 is 34.2 Å². The highest BCUT2D eigenvalue weighted by Gasteiger charge is 2.20. The zero-order valence-corrected chi connectivity index (χ0v) is 14.9. The summed E-state index contributed by atoms with van der Waals surface area (Å²) in [5.41, 5.74) is -0.265. The molecule has 0 bridgehead atoms. The van der Waals surface area contributed by atoms with Crippen LogP contribution in [-0.4, -0.2) is 33.1 Å². The van der Waals surface area contributed by atoms with Gasteiger partial charge in [-0.2, -0.15) is 0 Å². The van der Waals surface area contributed by atoms with Crippen molar-refractivity contribution in [3.63, 3.8) is 0 Å². The first-order chi connectivity index (χ1) is 12.8. The Hall–Kier alpha value is -3.32. The van der Waals surface area contributed by atoms with Gasteiger partial charge in [-0.25, -0.2) is 4.98 Å². The third kappa shape index (κ3) is 4.09. The molecule has 1 heterocycles. The van der Waals surface area contributed by atoms with Crippen molar-refractivity contribution in [2.75, 3.05) is 0 Å². The molecule has 1 aromatic heterocycles. The highest BCUT2D eigenvalue weighted by molar-refractivity contribution is 6.30. The van der Waals surface area contributed by atoms with Crippen molar-refractivity contribution in [2.45, 2.75) is 13.0 Å². The Kier molecular flexibility index (Phi) is 5.14. The Morgan fingerprint density at radius 2 is 1.81 bits per heavy atom. The largest absolute Gasteiger partial charge is 0.505 e. The molecule has 0 aliphatic heterocycles. The van der Waals surface area contributed by atoms with Crippen LogP contribution in [0.2, 0.25) is 5.02 Å². The standard InChI is InChI=1S/C19H15ClN2O5/c1-10(19(25)26)22-18(24)16-17(23)15-8-14(5-2-11(15)9-21-16)27-13-6-3-12(20)4-7-13/h2-10,23H,1H3,(H,22,24)(H,25,26). The molecule has 1 amide bonds. The maximum atomic E-state index is 12.2. The van der Waals surface area contributed by atoms with Gasteiger partial charge >= 0.3 is 5.97 Å². The minimum Gasteiger partial charge on any atom is -0.505 e. The Bertz CT molecular complexity index is 1020. The molecular weight excluding hydrogens is 372 g/mol. The normalized spacial score (nSPS) is 11.8. The summed E-state index contributed by atoms with van der Waals surface area (Å²) in [6.07, 6.45) is 1.42. The zero-order chi connectivity index (χ0) is 19.6. The van der Waals surface area contributed by atoms with Crippen molar-refractivity contribution in [1.82, 2.24) is 10.3 Å². The maximum Gasteiger partial charge on any atom is 0.325 e. The molecule has 27 heavy (non-hydrogen) atoms. The number of aromatic nitrogens is 1. The molecule has 0 fully saturated rings. The molecular formula is C19H15ClN2O5. The molecule has 3 rings (SSSR count). The van der Waals surface area contributed by atoms with Crippen LogP contribution in [-0.2, 0) is 4.79 Å². The summed E-state index contributed by atoms with van der Waals surface area (Å²) in [7, 11) is 0. The van der Waals surface area contributed by atoms with Crippen molar-refractivity contribution in [2.24, 2.45) is 0 Å². The van der Waals surface area contributed by atoms with Gasteiger partial charge in [0.1, 0.15) is 17.5 Å². The summed E-state index contributed by atoms with van der Waals surface area (Å²) in [6, 6.07) is 10.6. The van der Waals surface area contributed by atoms with Gasteiger partial charge < -0.3 is 20.3 Å². The predicted molar refractivity (Wildman–Crippen MR) is 99.5 cm³/mol. The lowest BCUT2D eigenvalue weighted by Crippen LogP contribution is -2.38. The number of carboxylic acids is 1. The van der Waals surface area contributed by atoms with Gasteiger partial charge in [0, 0.05) is 22.0 Å². The van der Waals surface area contributed by atoms with E-state index in [0.29, 0.717) is 27.3 Å². The first-order valence-electron chi connectivity index (χ1n) is 7.94. The number of ether oxygens (including phenoxy) is 1. The number of hydrogen-bond acceptors (Lipinski definition) is 5. The average Bonchev–Trinajstić information content (AvgIpc) is 2.64. The molecule has 7 nitrogen and oxygen atoms in total. The minimum absolute atomic E-state index is 0.265. The third-order valence-electron chi connectivity index (χ3n) is 3.82. The Balaban J connectivity index is 1.92. The second kappa shape index (κ2) is 7.51. The summed E-state index contributed by atoms with van der Waals surface area (Å²) in [5.74, 6) is -1.34. The molecule has 1 atom stereocenters. The van der Waals surface area contributed by atoms with Crippen LogP contribution in [0, 0.1) is 0 Å². The van der Waals surface area contributed by atoms with E-state index < -0.39 is 17.9 Å². The molecule has 0 aliphatic carbocycles. The summed E-state index contributed by atoms with van der Waals surface area (Å²) in [5, 5.41) is 23.1. The number of nitrogens with zero attached hydrogens (tertiary/aromatic N) is 1. The van der Waals surface area contributed by atoms with Gasteiger partial charge in [0.05, 0.1) is 0 Å². The van der Waals surface area contributed by atoms with Gasteiger partial charge in [-0.05, 0) is 49.4 Å². The quantitative estimate of drug-likeness (QED) is 0.618. The lowest BCUT2D eigenvalue weighted by Gasteiger charge is -2.12. The van der Waals surface area contributed by atoms with E-state index in [1.165, 1.54) is 13.1 Å². The predicted octanol–water partition coefficient (Wildman–Crippen LogP) is 3.59. The molecule has 1 unspecified atom stereocenters. The fourth-order valence-electron chi connectivity index (χ4n) is 2.37. The summed E-state index contributed by atoms with van der Waals surface area (Å²) in [6.45, 7) is 1.32. The number of amides is 1. The average molecular weight is 387 g/mol. The number of aromatic hydroxyl groups is 1. The monoisotopic (exact) mass is 386 g/mol. The number of hydrogen-bond donors (Lipinski definition) is 3. The van der Waals surface area contributed by atoms with Crippen LogP contribution >= 0.6 is 11.6 Å². The molecule has 3 N–H and O–H groups in total. The van der Waals surface area contributed by atoms with E-state index in [2.05, 4.69) is 10.3 Å². The minimum atomic E-state index is -1.19. The highest BCUT2D eigenvalue weighted by atomic mass is 35.5. The van der Waals surface area contributed by atoms with Crippen LogP contribution in [0.5, 0.6) is 17.2 Å². The van der Waals surface area contributed by atoms with Crippen LogP contribution < -0.4 is 10.1 Å². The SMILES string of the molecule is CC(NC(=O)c1ncc2ccc(Oc3ccc(Cl)cc3)cc2c1O)C(=O)O. The molecule has 138 valence electrons. The van der Waals surface area contributed by atoms with Crippen molar-refractivity contribution in [1.29, 1.82) is 0 Å². The summed E-state index contributed by atoms with van der Waals surface area (Å²) in [4.78, 5) is 27.0. The lowest BCUT2D eigenvalue weighted by atomic mass is 10.1. The van der Waals surface area contributed by atoms with E-state index in [0.717, 1.165) is 0 Å². The number of benzene rings is 2. The van der Waals surface area contributed by atoms with Crippen LogP contribution in [0.25, 0.3) is 10.8 Å². The van der Waals surface area contributed by atoms with E-state index in [1.54, 1.807) is 42.5 Å². The first kappa shape index (κ1) is 18.5. The van der Waals surface area contributed by atoms with Crippen molar-refractivity contribution in [3.8, 4) is 17.2 Å². The van der Waals surface area contributed by atoms with Crippen LogP contribution in [0.1, 0.15) is 17.4 Å². The Morgan fingerprint density at radius 1 is 1.15 bits per heavy atom. The zero-order valence-electron chi connectivity index (χ0n) is 14.1. The van der Waals surface area contributed by atoms with E-state index in [4.69, 9.17) is 21.4 Å². The topological polar surface area (TPSA) is 109 Å². The second-order valence-electron chi connectivity index (χ2n) is 5.79. The van der Waals surface area contributed by atoms with Gasteiger partial charge in [-0.3, -0.25) is 9.59 Å². The van der Waals surface area contributed by atoms with Crippen LogP contribution in [0.3, 0.4) is 0 Å². The molecule has 0 aliphatic rings. The number of rotatable bonds is 5. The smallest absolute Gasteiger partial charge is 0.325 e. The van der Waals surface area contributed by atoms with E-state index in [-0.39, 0.29) is 11.4 Å².